The maximum Gasteiger partial charge on any atom is 0.164 e. The van der Waals surface area contributed by atoms with Crippen molar-refractivity contribution in [2.24, 2.45) is 0 Å². The lowest BCUT2D eigenvalue weighted by Crippen LogP contribution is -2.00. The van der Waals surface area contributed by atoms with Crippen LogP contribution in [0, 0.1) is 0 Å². The Balaban J connectivity index is 1.35. The second-order valence-electron chi connectivity index (χ2n) is 12.1. The largest absolute Gasteiger partial charge is 0.309 e. The second kappa shape index (κ2) is 12.2. The van der Waals surface area contributed by atoms with Gasteiger partial charge in [0.25, 0.3) is 0 Å². The minimum absolute atomic E-state index is 0.632. The number of nitrogens with zero attached hydrogens (tertiary/aromatic N) is 4. The molecule has 0 atom stereocenters. The molecule has 9 rings (SSSR count). The molecule has 7 aromatic carbocycles. The molecule has 0 amide bonds. The average molecular weight is 627 g/mol. The van der Waals surface area contributed by atoms with Gasteiger partial charge in [-0.3, -0.25) is 0 Å². The van der Waals surface area contributed by atoms with Crippen molar-refractivity contribution >= 4 is 21.8 Å². The lowest BCUT2D eigenvalue weighted by atomic mass is 9.95. The third kappa shape index (κ3) is 5.26. The Morgan fingerprint density at radius 1 is 0.327 bits per heavy atom. The van der Waals surface area contributed by atoms with Crippen molar-refractivity contribution in [3.05, 3.63) is 182 Å². The molecule has 0 unspecified atom stereocenters. The summed E-state index contributed by atoms with van der Waals surface area (Å²) in [6.07, 6.45) is 0. The number of aromatic nitrogens is 4. The maximum absolute atomic E-state index is 5.05. The van der Waals surface area contributed by atoms with Crippen molar-refractivity contribution in [1.82, 2.24) is 19.5 Å². The number of rotatable bonds is 6. The summed E-state index contributed by atoms with van der Waals surface area (Å²) >= 11 is 0. The van der Waals surface area contributed by atoms with Crippen LogP contribution in [0.15, 0.2) is 182 Å². The fraction of sp³-hybridized carbons (Fsp3) is 0. The van der Waals surface area contributed by atoms with Gasteiger partial charge in [-0.15, -0.1) is 0 Å². The number of fused-ring (bicyclic) bond motifs is 3. The molecule has 0 radical (unpaired) electrons. The average Bonchev–Trinajstić information content (AvgIpc) is 3.52. The third-order valence-corrected chi connectivity index (χ3v) is 9.03. The van der Waals surface area contributed by atoms with E-state index in [4.69, 9.17) is 15.0 Å². The van der Waals surface area contributed by atoms with Gasteiger partial charge in [0, 0.05) is 38.7 Å². The van der Waals surface area contributed by atoms with Crippen LogP contribution in [0.25, 0.3) is 83.9 Å². The van der Waals surface area contributed by atoms with Crippen LogP contribution in [0.5, 0.6) is 0 Å². The summed E-state index contributed by atoms with van der Waals surface area (Å²) < 4.78 is 2.39. The topological polar surface area (TPSA) is 43.6 Å². The highest BCUT2D eigenvalue weighted by molar-refractivity contribution is 6.15. The van der Waals surface area contributed by atoms with E-state index in [0.29, 0.717) is 17.5 Å². The van der Waals surface area contributed by atoms with E-state index in [1.807, 2.05) is 60.7 Å². The van der Waals surface area contributed by atoms with Crippen molar-refractivity contribution in [2.45, 2.75) is 0 Å². The first-order chi connectivity index (χ1) is 24.3. The molecule has 0 aliphatic heterocycles. The van der Waals surface area contributed by atoms with Gasteiger partial charge >= 0.3 is 0 Å². The maximum atomic E-state index is 5.05. The summed E-state index contributed by atoms with van der Waals surface area (Å²) in [7, 11) is 0. The summed E-state index contributed by atoms with van der Waals surface area (Å²) in [5.74, 6) is 1.92. The first-order valence-electron chi connectivity index (χ1n) is 16.5. The van der Waals surface area contributed by atoms with Crippen molar-refractivity contribution in [3.8, 4) is 62.1 Å². The Morgan fingerprint density at radius 3 is 1.35 bits per heavy atom. The van der Waals surface area contributed by atoms with Gasteiger partial charge in [0.15, 0.2) is 17.5 Å². The molecule has 4 nitrogen and oxygen atoms in total. The van der Waals surface area contributed by atoms with Gasteiger partial charge in [0.2, 0.25) is 0 Å². The zero-order valence-electron chi connectivity index (χ0n) is 26.6. The summed E-state index contributed by atoms with van der Waals surface area (Å²) in [6.45, 7) is 0. The monoisotopic (exact) mass is 626 g/mol. The van der Waals surface area contributed by atoms with Crippen LogP contribution in [-0.2, 0) is 0 Å². The zero-order valence-corrected chi connectivity index (χ0v) is 26.6. The Labute approximate surface area is 284 Å². The van der Waals surface area contributed by atoms with Crippen LogP contribution < -0.4 is 0 Å². The molecular weight excluding hydrogens is 597 g/mol. The molecule has 0 fully saturated rings. The highest BCUT2D eigenvalue weighted by Crippen LogP contribution is 2.42. The van der Waals surface area contributed by atoms with Gasteiger partial charge in [0.1, 0.15) is 0 Å². The molecule has 0 bridgehead atoms. The normalized spacial score (nSPS) is 11.3. The van der Waals surface area contributed by atoms with Crippen molar-refractivity contribution in [3.63, 3.8) is 0 Å². The predicted molar refractivity (Wildman–Crippen MR) is 201 cm³/mol. The smallest absolute Gasteiger partial charge is 0.164 e. The van der Waals surface area contributed by atoms with E-state index in [1.54, 1.807) is 0 Å². The molecule has 9 aromatic rings. The van der Waals surface area contributed by atoms with Gasteiger partial charge < -0.3 is 4.57 Å². The van der Waals surface area contributed by atoms with Gasteiger partial charge in [-0.05, 0) is 47.0 Å². The van der Waals surface area contributed by atoms with Gasteiger partial charge in [0.05, 0.1) is 11.0 Å². The van der Waals surface area contributed by atoms with Crippen LogP contribution in [0.1, 0.15) is 0 Å². The van der Waals surface area contributed by atoms with Crippen molar-refractivity contribution in [2.75, 3.05) is 0 Å². The summed E-state index contributed by atoms with van der Waals surface area (Å²) in [5, 5.41) is 2.36. The van der Waals surface area contributed by atoms with Crippen molar-refractivity contribution in [1.29, 1.82) is 0 Å². The van der Waals surface area contributed by atoms with E-state index >= 15 is 0 Å². The van der Waals surface area contributed by atoms with Crippen molar-refractivity contribution < 1.29 is 0 Å². The van der Waals surface area contributed by atoms with Crippen LogP contribution in [-0.4, -0.2) is 19.5 Å². The van der Waals surface area contributed by atoms with E-state index in [-0.39, 0.29) is 0 Å². The molecule has 4 heteroatoms. The number of para-hydroxylation sites is 1. The molecule has 0 saturated carbocycles. The van der Waals surface area contributed by atoms with Gasteiger partial charge in [-0.2, -0.15) is 0 Å². The molecule has 49 heavy (non-hydrogen) atoms. The summed E-state index contributed by atoms with van der Waals surface area (Å²) in [6, 6.07) is 63.4. The number of benzene rings is 7. The van der Waals surface area contributed by atoms with E-state index in [0.717, 1.165) is 38.8 Å². The molecule has 0 aliphatic rings. The highest BCUT2D eigenvalue weighted by Gasteiger charge is 2.20. The van der Waals surface area contributed by atoms with Crippen LogP contribution in [0.2, 0.25) is 0 Å². The molecule has 0 aliphatic carbocycles. The SMILES string of the molecule is c1ccc(-c2cc(-c3ccccc3)c3c(c2)c2ccc(-c4nc(-c5ccccc5)nc(-c5ccccc5)n4)cc2n3-c2ccccc2)cc1. The second-order valence-corrected chi connectivity index (χ2v) is 12.1. The number of hydrogen-bond acceptors (Lipinski definition) is 3. The molecule has 0 N–H and O–H groups in total. The lowest BCUT2D eigenvalue weighted by Gasteiger charge is -2.14. The van der Waals surface area contributed by atoms with Gasteiger partial charge in [-0.1, -0.05) is 152 Å². The third-order valence-electron chi connectivity index (χ3n) is 9.03. The quantitative estimate of drug-likeness (QED) is 0.184. The predicted octanol–water partition coefficient (Wildman–Crippen LogP) is 11.3. The Hall–Kier alpha value is -6.65. The lowest BCUT2D eigenvalue weighted by molar-refractivity contribution is 1.07. The van der Waals surface area contributed by atoms with Gasteiger partial charge in [-0.25, -0.2) is 15.0 Å². The van der Waals surface area contributed by atoms with E-state index in [9.17, 15) is 0 Å². The fourth-order valence-corrected chi connectivity index (χ4v) is 6.70. The molecule has 2 aromatic heterocycles. The number of hydrogen-bond donors (Lipinski definition) is 0. The minimum Gasteiger partial charge on any atom is -0.309 e. The molecule has 0 saturated heterocycles. The zero-order chi connectivity index (χ0) is 32.6. The molecular formula is C45H30N4. The van der Waals surface area contributed by atoms with Crippen LogP contribution >= 0.6 is 0 Å². The standard InChI is InChI=1S/C45H30N4/c1-6-16-31(17-7-1)36-28-39(32-18-8-2-9-19-32)42-40(29-36)38-27-26-35(30-41(38)49(42)37-24-14-5-15-25-37)45-47-43(33-20-10-3-11-21-33)46-44(48-45)34-22-12-4-13-23-34/h1-30H. The molecule has 0 spiro atoms. The van der Waals surface area contributed by atoms with Crippen LogP contribution in [0.4, 0.5) is 0 Å². The molecule has 2 heterocycles. The Kier molecular flexibility index (Phi) is 7.10. The Morgan fingerprint density at radius 2 is 0.796 bits per heavy atom. The fourth-order valence-electron chi connectivity index (χ4n) is 6.70. The van der Waals surface area contributed by atoms with E-state index in [1.165, 1.54) is 27.6 Å². The Bertz CT molecular complexity index is 2500. The first-order valence-corrected chi connectivity index (χ1v) is 16.5. The highest BCUT2D eigenvalue weighted by atomic mass is 15.0. The van der Waals surface area contributed by atoms with Crippen LogP contribution in [0.3, 0.4) is 0 Å². The summed E-state index contributed by atoms with van der Waals surface area (Å²) in [4.78, 5) is 15.0. The van der Waals surface area contributed by atoms with E-state index < -0.39 is 0 Å². The summed E-state index contributed by atoms with van der Waals surface area (Å²) in [5.41, 5.74) is 10.9. The molecule has 230 valence electrons. The first kappa shape index (κ1) is 28.6. The van der Waals surface area contributed by atoms with E-state index in [2.05, 4.69) is 126 Å². The minimum atomic E-state index is 0.632.